The van der Waals surface area contributed by atoms with Crippen molar-refractivity contribution in [3.63, 3.8) is 0 Å². The summed E-state index contributed by atoms with van der Waals surface area (Å²) in [6.45, 7) is 5.94. The first-order chi connectivity index (χ1) is 17.6. The molecule has 1 aromatic carbocycles. The molecule has 1 aromatic heterocycles. The van der Waals surface area contributed by atoms with E-state index in [2.05, 4.69) is 24.1 Å². The van der Waals surface area contributed by atoms with Crippen LogP contribution >= 0.6 is 23.1 Å². The molecule has 4 aliphatic rings. The van der Waals surface area contributed by atoms with Crippen LogP contribution in [-0.4, -0.2) is 52.0 Å². The van der Waals surface area contributed by atoms with Gasteiger partial charge in [0.05, 0.1) is 29.0 Å². The number of nitrogens with one attached hydrogen (secondary N) is 2. The number of fused-ring (bicyclic) bond motifs is 9. The van der Waals surface area contributed by atoms with Crippen molar-refractivity contribution in [3.8, 4) is 0 Å². The van der Waals surface area contributed by atoms with Crippen LogP contribution in [0.25, 0.3) is 0 Å². The molecule has 37 heavy (non-hydrogen) atoms. The fourth-order valence-electron chi connectivity index (χ4n) is 7.12. The zero-order valence-electron chi connectivity index (χ0n) is 20.6. The minimum absolute atomic E-state index is 0.0424. The number of ether oxygens (including phenoxy) is 1. The van der Waals surface area contributed by atoms with Crippen molar-refractivity contribution >= 4 is 52.5 Å². The number of hydrogen-bond acceptors (Lipinski definition) is 8. The number of H-pyrrole nitrogens is 1. The van der Waals surface area contributed by atoms with Crippen molar-refractivity contribution in [3.05, 3.63) is 44.4 Å². The van der Waals surface area contributed by atoms with Gasteiger partial charge in [0.1, 0.15) is 6.54 Å². The number of rotatable bonds is 5. The summed E-state index contributed by atoms with van der Waals surface area (Å²) in [6.07, 6.45) is 0.824. The number of amides is 3. The first-order valence-corrected chi connectivity index (χ1v) is 14.1. The normalized spacial score (nSPS) is 30.6. The third-order valence-electron chi connectivity index (χ3n) is 8.46. The number of likely N-dealkylation sites (tertiary alicyclic amines) is 1. The number of thioether (sulfide) groups is 1. The Kier molecular flexibility index (Phi) is 5.65. The summed E-state index contributed by atoms with van der Waals surface area (Å²) in [5, 5.41) is 3.77. The van der Waals surface area contributed by atoms with Crippen molar-refractivity contribution in [2.24, 2.45) is 29.6 Å². The molecule has 9 nitrogen and oxygen atoms in total. The van der Waals surface area contributed by atoms with Crippen molar-refractivity contribution in [1.82, 2.24) is 9.88 Å². The molecule has 2 aliphatic heterocycles. The molecule has 0 unspecified atom stereocenters. The number of carbonyl (C=O) groups excluding carboxylic acids is 4. The van der Waals surface area contributed by atoms with Gasteiger partial charge in [0, 0.05) is 21.2 Å². The lowest BCUT2D eigenvalue weighted by Crippen LogP contribution is -2.48. The number of aromatic amines is 1. The number of hydrogen-bond donors (Lipinski definition) is 2. The maximum atomic E-state index is 13.5. The van der Waals surface area contributed by atoms with E-state index in [1.54, 1.807) is 43.0 Å². The van der Waals surface area contributed by atoms with E-state index in [0.29, 0.717) is 11.3 Å². The summed E-state index contributed by atoms with van der Waals surface area (Å²) in [5.74, 6) is -1.99. The van der Waals surface area contributed by atoms with Crippen LogP contribution in [0.4, 0.5) is 5.69 Å². The quantitative estimate of drug-likeness (QED) is 0.440. The zero-order valence-corrected chi connectivity index (χ0v) is 22.2. The van der Waals surface area contributed by atoms with Gasteiger partial charge in [-0.2, -0.15) is 0 Å². The second kappa shape index (κ2) is 8.56. The Bertz CT molecular complexity index is 1380. The average molecular weight is 542 g/mol. The highest BCUT2D eigenvalue weighted by molar-refractivity contribution is 8.00. The SMILES string of the molecule is CCOC(=O)c1ccc(NC(=O)CN2C(=O)[C@H]3[C@@H]4C[C@@H]([C@@H]3C2=O)[C@@H]2[C@@H]4Sc3[nH]c(=O)sc3C2(C)C)cc1. The monoisotopic (exact) mass is 541 g/mol. The number of nitrogens with zero attached hydrogens (tertiary/aromatic N) is 1. The Morgan fingerprint density at radius 2 is 1.78 bits per heavy atom. The molecule has 0 radical (unpaired) electrons. The Morgan fingerprint density at radius 1 is 1.11 bits per heavy atom. The van der Waals surface area contributed by atoms with Gasteiger partial charge < -0.3 is 15.0 Å². The lowest BCUT2D eigenvalue weighted by Gasteiger charge is -2.47. The fraction of sp³-hybridized carbons (Fsp3) is 0.500. The van der Waals surface area contributed by atoms with Crippen LogP contribution in [-0.2, 0) is 24.5 Å². The third kappa shape index (κ3) is 3.61. The van der Waals surface area contributed by atoms with Crippen LogP contribution in [0.2, 0.25) is 0 Å². The van der Waals surface area contributed by atoms with Crippen LogP contribution in [0.5, 0.6) is 0 Å². The molecule has 2 aliphatic carbocycles. The van der Waals surface area contributed by atoms with E-state index < -0.39 is 23.7 Å². The molecular formula is C26H27N3O6S2. The van der Waals surface area contributed by atoms with Gasteiger partial charge in [0.25, 0.3) is 0 Å². The summed E-state index contributed by atoms with van der Waals surface area (Å²) in [4.78, 5) is 68.7. The molecule has 0 spiro atoms. The van der Waals surface area contributed by atoms with Crippen molar-refractivity contribution in [2.75, 3.05) is 18.5 Å². The van der Waals surface area contributed by atoms with Gasteiger partial charge >= 0.3 is 10.8 Å². The molecule has 2 bridgehead atoms. The molecule has 6 rings (SSSR count). The number of benzene rings is 1. The zero-order chi connectivity index (χ0) is 26.2. The summed E-state index contributed by atoms with van der Waals surface area (Å²) in [5.41, 5.74) is 0.555. The van der Waals surface area contributed by atoms with Gasteiger partial charge in [-0.1, -0.05) is 25.2 Å². The van der Waals surface area contributed by atoms with E-state index >= 15 is 0 Å². The Balaban J connectivity index is 1.18. The number of imide groups is 1. The maximum Gasteiger partial charge on any atom is 0.338 e. The molecule has 3 fully saturated rings. The summed E-state index contributed by atoms with van der Waals surface area (Å²) in [7, 11) is 0. The molecule has 1 saturated heterocycles. The predicted molar refractivity (Wildman–Crippen MR) is 137 cm³/mol. The van der Waals surface area contributed by atoms with Gasteiger partial charge in [-0.15, -0.1) is 11.8 Å². The molecule has 6 atom stereocenters. The number of carbonyl (C=O) groups is 4. The third-order valence-corrected chi connectivity index (χ3v) is 11.3. The van der Waals surface area contributed by atoms with Gasteiger partial charge in [-0.3, -0.25) is 24.1 Å². The Labute approximate surface area is 221 Å². The van der Waals surface area contributed by atoms with E-state index in [9.17, 15) is 24.0 Å². The van der Waals surface area contributed by atoms with E-state index in [0.717, 1.165) is 21.2 Å². The first-order valence-electron chi connectivity index (χ1n) is 12.4. The number of esters is 1. The van der Waals surface area contributed by atoms with Crippen LogP contribution in [0.1, 0.15) is 42.4 Å². The molecule has 3 heterocycles. The smallest absolute Gasteiger partial charge is 0.338 e. The maximum absolute atomic E-state index is 13.5. The molecule has 194 valence electrons. The number of aromatic nitrogens is 1. The molecule has 2 saturated carbocycles. The highest BCUT2D eigenvalue weighted by atomic mass is 32.2. The summed E-state index contributed by atoms with van der Waals surface area (Å²) >= 11 is 2.89. The lowest BCUT2D eigenvalue weighted by atomic mass is 9.64. The van der Waals surface area contributed by atoms with Crippen molar-refractivity contribution in [1.29, 1.82) is 0 Å². The van der Waals surface area contributed by atoms with Crippen molar-refractivity contribution < 1.29 is 23.9 Å². The standard InChI is InChI=1S/C26H27N3O6S2/c1-4-35-24(33)11-5-7-12(8-6-11)27-15(30)10-29-22(31)16-13-9-14(17(16)23(29)32)19-18(13)26(2,3)20-21(36-19)28-25(34)37-20/h5-8,13-14,16-19H,4,9-10H2,1-3H3,(H,27,30)(H,28,34)/t13-,14-,16-,17-,18+,19+/m0/s1. The number of anilines is 1. The van der Waals surface area contributed by atoms with Crippen LogP contribution in [0.15, 0.2) is 34.1 Å². The van der Waals surface area contributed by atoms with Gasteiger partial charge in [0.15, 0.2) is 0 Å². The molecule has 2 N–H and O–H groups in total. The minimum atomic E-state index is -0.468. The highest BCUT2D eigenvalue weighted by Crippen LogP contribution is 2.68. The van der Waals surface area contributed by atoms with E-state index in [-0.39, 0.29) is 58.3 Å². The van der Waals surface area contributed by atoms with Crippen LogP contribution in [0.3, 0.4) is 0 Å². The average Bonchev–Trinajstić information content (AvgIpc) is 3.58. The van der Waals surface area contributed by atoms with E-state index in [1.165, 1.54) is 11.3 Å². The van der Waals surface area contributed by atoms with Gasteiger partial charge in [0.2, 0.25) is 17.7 Å². The second-order valence-electron chi connectivity index (χ2n) is 10.7. The van der Waals surface area contributed by atoms with E-state index in [1.807, 2.05) is 0 Å². The minimum Gasteiger partial charge on any atom is -0.462 e. The number of thiazole rings is 1. The molecule has 3 amide bonds. The second-order valence-corrected chi connectivity index (χ2v) is 12.9. The molecule has 2 aromatic rings. The molecular weight excluding hydrogens is 514 g/mol. The Hall–Kier alpha value is -2.92. The topological polar surface area (TPSA) is 126 Å². The summed E-state index contributed by atoms with van der Waals surface area (Å²) in [6, 6.07) is 6.27. The van der Waals surface area contributed by atoms with Crippen LogP contribution < -0.4 is 10.2 Å². The van der Waals surface area contributed by atoms with Gasteiger partial charge in [-0.25, -0.2) is 4.79 Å². The highest BCUT2D eigenvalue weighted by Gasteiger charge is 2.70. The van der Waals surface area contributed by atoms with Gasteiger partial charge in [-0.05, 0) is 55.4 Å². The summed E-state index contributed by atoms with van der Waals surface area (Å²) < 4.78 is 4.96. The Morgan fingerprint density at radius 3 is 2.46 bits per heavy atom. The first kappa shape index (κ1) is 24.4. The predicted octanol–water partition coefficient (Wildman–Crippen LogP) is 2.87. The molecule has 11 heteroatoms. The fourth-order valence-corrected chi connectivity index (χ4v) is 10.3. The lowest BCUT2D eigenvalue weighted by molar-refractivity contribution is -0.143. The van der Waals surface area contributed by atoms with E-state index in [4.69, 9.17) is 4.74 Å². The van der Waals surface area contributed by atoms with Crippen LogP contribution in [0, 0.1) is 29.6 Å². The largest absolute Gasteiger partial charge is 0.462 e. The van der Waals surface area contributed by atoms with Crippen molar-refractivity contribution in [2.45, 2.75) is 42.9 Å².